The summed E-state index contributed by atoms with van der Waals surface area (Å²) < 4.78 is 0.834. The van der Waals surface area contributed by atoms with Gasteiger partial charge < -0.3 is 10.4 Å². The van der Waals surface area contributed by atoms with Crippen molar-refractivity contribution in [2.24, 2.45) is 0 Å². The van der Waals surface area contributed by atoms with E-state index in [9.17, 15) is 9.90 Å². The van der Waals surface area contributed by atoms with E-state index in [0.29, 0.717) is 30.0 Å². The Bertz CT molecular complexity index is 398. The van der Waals surface area contributed by atoms with E-state index in [1.807, 2.05) is 6.92 Å². The zero-order chi connectivity index (χ0) is 12.8. The first kappa shape index (κ1) is 14.5. The summed E-state index contributed by atoms with van der Waals surface area (Å²) in [7, 11) is 0. The molecule has 0 spiro atoms. The van der Waals surface area contributed by atoms with Gasteiger partial charge in [0.2, 0.25) is 0 Å². The molecule has 0 aromatic heterocycles. The van der Waals surface area contributed by atoms with Crippen molar-refractivity contribution in [1.29, 1.82) is 0 Å². The van der Waals surface area contributed by atoms with Gasteiger partial charge in [0.1, 0.15) is 0 Å². The average Bonchev–Trinajstić information content (AvgIpc) is 2.28. The number of carbonyl (C=O) groups is 1. The summed E-state index contributed by atoms with van der Waals surface area (Å²) in [4.78, 5) is 11.8. The molecule has 1 aromatic carbocycles. The summed E-state index contributed by atoms with van der Waals surface area (Å²) in [5.41, 5.74) is 0.445. The molecule has 1 atom stereocenters. The van der Waals surface area contributed by atoms with Gasteiger partial charge >= 0.3 is 0 Å². The topological polar surface area (TPSA) is 49.3 Å². The van der Waals surface area contributed by atoms with Crippen molar-refractivity contribution in [3.05, 3.63) is 33.3 Å². The van der Waals surface area contributed by atoms with Gasteiger partial charge in [-0.2, -0.15) is 0 Å². The van der Waals surface area contributed by atoms with Crippen LogP contribution in [-0.2, 0) is 0 Å². The number of amides is 1. The molecule has 1 amide bonds. The van der Waals surface area contributed by atoms with E-state index in [-0.39, 0.29) is 12.0 Å². The number of benzene rings is 1. The Hall–Kier alpha value is -0.580. The predicted octanol–water partition coefficient (Wildman–Crippen LogP) is 2.99. The number of nitrogens with one attached hydrogen (secondary N) is 1. The van der Waals surface area contributed by atoms with E-state index in [1.165, 1.54) is 0 Å². The lowest BCUT2D eigenvalue weighted by Crippen LogP contribution is -2.27. The average molecular weight is 321 g/mol. The minimum Gasteiger partial charge on any atom is -0.393 e. The van der Waals surface area contributed by atoms with Gasteiger partial charge in [-0.25, -0.2) is 0 Å². The van der Waals surface area contributed by atoms with Crippen LogP contribution in [0.25, 0.3) is 0 Å². The molecule has 3 nitrogen and oxygen atoms in total. The standard InChI is InChI=1S/C12H15BrClNO2/c1-2-9(16)5-6-15-12(17)10-4-3-8(13)7-11(10)14/h3-4,7,9,16H,2,5-6H2,1H3,(H,15,17). The van der Waals surface area contributed by atoms with Crippen molar-refractivity contribution in [2.45, 2.75) is 25.9 Å². The van der Waals surface area contributed by atoms with E-state index in [1.54, 1.807) is 18.2 Å². The van der Waals surface area contributed by atoms with E-state index in [2.05, 4.69) is 21.2 Å². The van der Waals surface area contributed by atoms with Gasteiger partial charge in [-0.1, -0.05) is 34.5 Å². The van der Waals surface area contributed by atoms with Crippen molar-refractivity contribution in [3.8, 4) is 0 Å². The fourth-order valence-electron chi connectivity index (χ4n) is 1.33. The zero-order valence-electron chi connectivity index (χ0n) is 9.54. The van der Waals surface area contributed by atoms with Crippen LogP contribution in [0.2, 0.25) is 5.02 Å². The Morgan fingerprint density at radius 3 is 2.88 bits per heavy atom. The summed E-state index contributed by atoms with van der Waals surface area (Å²) in [6.45, 7) is 2.35. The van der Waals surface area contributed by atoms with Gasteiger partial charge in [0, 0.05) is 11.0 Å². The van der Waals surface area contributed by atoms with Gasteiger partial charge in [0.05, 0.1) is 16.7 Å². The summed E-state index contributed by atoms with van der Waals surface area (Å²) in [6.07, 6.45) is 0.876. The number of aliphatic hydroxyl groups is 1. The van der Waals surface area contributed by atoms with Gasteiger partial charge in [-0.05, 0) is 31.0 Å². The number of hydrogen-bond acceptors (Lipinski definition) is 2. The quantitative estimate of drug-likeness (QED) is 0.876. The third-order valence-electron chi connectivity index (χ3n) is 2.41. The van der Waals surface area contributed by atoms with Gasteiger partial charge in [0.15, 0.2) is 0 Å². The summed E-state index contributed by atoms with van der Waals surface area (Å²) in [5.74, 6) is -0.217. The van der Waals surface area contributed by atoms with Crippen molar-refractivity contribution in [2.75, 3.05) is 6.54 Å². The van der Waals surface area contributed by atoms with E-state index >= 15 is 0 Å². The molecule has 1 rings (SSSR count). The SMILES string of the molecule is CCC(O)CCNC(=O)c1ccc(Br)cc1Cl. The van der Waals surface area contributed by atoms with E-state index in [0.717, 1.165) is 4.47 Å². The highest BCUT2D eigenvalue weighted by molar-refractivity contribution is 9.10. The van der Waals surface area contributed by atoms with Crippen molar-refractivity contribution in [1.82, 2.24) is 5.32 Å². The minimum atomic E-state index is -0.365. The lowest BCUT2D eigenvalue weighted by atomic mass is 10.2. The van der Waals surface area contributed by atoms with E-state index < -0.39 is 0 Å². The number of aliphatic hydroxyl groups excluding tert-OH is 1. The molecule has 0 aliphatic rings. The third-order valence-corrected chi connectivity index (χ3v) is 3.22. The molecular formula is C12H15BrClNO2. The number of rotatable bonds is 5. The van der Waals surface area contributed by atoms with Gasteiger partial charge in [-0.15, -0.1) is 0 Å². The lowest BCUT2D eigenvalue weighted by molar-refractivity contribution is 0.0942. The maximum Gasteiger partial charge on any atom is 0.252 e. The fraction of sp³-hybridized carbons (Fsp3) is 0.417. The second-order valence-corrected chi connectivity index (χ2v) is 5.05. The largest absolute Gasteiger partial charge is 0.393 e. The molecule has 0 heterocycles. The molecule has 0 fully saturated rings. The second-order valence-electron chi connectivity index (χ2n) is 3.73. The van der Waals surface area contributed by atoms with Crippen LogP contribution < -0.4 is 5.32 Å². The first-order valence-electron chi connectivity index (χ1n) is 5.46. The second kappa shape index (κ2) is 6.99. The van der Waals surface area contributed by atoms with Crippen LogP contribution in [-0.4, -0.2) is 23.7 Å². The molecule has 2 N–H and O–H groups in total. The molecule has 1 aromatic rings. The monoisotopic (exact) mass is 319 g/mol. The van der Waals surface area contributed by atoms with Gasteiger partial charge in [-0.3, -0.25) is 4.79 Å². The molecule has 5 heteroatoms. The summed E-state index contributed by atoms with van der Waals surface area (Å²) in [5, 5.41) is 12.5. The molecule has 0 radical (unpaired) electrons. The first-order valence-corrected chi connectivity index (χ1v) is 6.63. The lowest BCUT2D eigenvalue weighted by Gasteiger charge is -2.09. The maximum absolute atomic E-state index is 11.8. The van der Waals surface area contributed by atoms with Crippen LogP contribution in [0.1, 0.15) is 30.1 Å². The van der Waals surface area contributed by atoms with Crippen LogP contribution in [0.4, 0.5) is 0 Å². The van der Waals surface area contributed by atoms with Crippen molar-refractivity contribution >= 4 is 33.4 Å². The molecule has 0 saturated carbocycles. The van der Waals surface area contributed by atoms with Crippen molar-refractivity contribution < 1.29 is 9.90 Å². The number of hydrogen-bond donors (Lipinski definition) is 2. The molecule has 17 heavy (non-hydrogen) atoms. The minimum absolute atomic E-state index is 0.217. The Kier molecular flexibility index (Phi) is 5.95. The highest BCUT2D eigenvalue weighted by atomic mass is 79.9. The molecular weight excluding hydrogens is 305 g/mol. The van der Waals surface area contributed by atoms with Crippen LogP contribution >= 0.6 is 27.5 Å². The smallest absolute Gasteiger partial charge is 0.252 e. The molecule has 0 aliphatic heterocycles. The molecule has 0 saturated heterocycles. The number of carbonyl (C=O) groups excluding carboxylic acids is 1. The highest BCUT2D eigenvalue weighted by Gasteiger charge is 2.10. The predicted molar refractivity (Wildman–Crippen MR) is 72.4 cm³/mol. The van der Waals surface area contributed by atoms with Gasteiger partial charge in [0.25, 0.3) is 5.91 Å². The van der Waals surface area contributed by atoms with Crippen LogP contribution in [0.5, 0.6) is 0 Å². The highest BCUT2D eigenvalue weighted by Crippen LogP contribution is 2.21. The fourth-order valence-corrected chi connectivity index (χ4v) is 2.08. The zero-order valence-corrected chi connectivity index (χ0v) is 11.9. The first-order chi connectivity index (χ1) is 8.04. The molecule has 1 unspecified atom stereocenters. The van der Waals surface area contributed by atoms with Crippen molar-refractivity contribution in [3.63, 3.8) is 0 Å². The maximum atomic E-state index is 11.8. The van der Waals surface area contributed by atoms with Crippen LogP contribution in [0.15, 0.2) is 22.7 Å². The number of halogens is 2. The summed E-state index contributed by atoms with van der Waals surface area (Å²) in [6, 6.07) is 5.11. The third kappa shape index (κ3) is 4.66. The Morgan fingerprint density at radius 2 is 2.29 bits per heavy atom. The van der Waals surface area contributed by atoms with Crippen LogP contribution in [0, 0.1) is 0 Å². The van der Waals surface area contributed by atoms with Crippen LogP contribution in [0.3, 0.4) is 0 Å². The molecule has 0 aliphatic carbocycles. The molecule has 0 bridgehead atoms. The Labute approximate surface area is 114 Å². The normalized spacial score (nSPS) is 12.2. The molecule has 94 valence electrons. The Morgan fingerprint density at radius 1 is 1.59 bits per heavy atom. The summed E-state index contributed by atoms with van der Waals surface area (Å²) >= 11 is 9.23. The van der Waals surface area contributed by atoms with E-state index in [4.69, 9.17) is 11.6 Å². The Balaban J connectivity index is 2.52.